The number of benzene rings is 2. The van der Waals surface area contributed by atoms with E-state index in [1.807, 2.05) is 30.1 Å². The van der Waals surface area contributed by atoms with Gasteiger partial charge in [0.15, 0.2) is 0 Å². The third kappa shape index (κ3) is 5.89. The zero-order valence-electron chi connectivity index (χ0n) is 22.8. The fraction of sp³-hybridized carbons (Fsp3) is 0.379. The highest BCUT2D eigenvalue weighted by Gasteiger charge is 2.48. The summed E-state index contributed by atoms with van der Waals surface area (Å²) in [6.45, 7) is 8.00. The number of carbonyl (C=O) groups is 3. The van der Waals surface area contributed by atoms with Gasteiger partial charge in [-0.2, -0.15) is 0 Å². The molecule has 0 radical (unpaired) electrons. The van der Waals surface area contributed by atoms with Gasteiger partial charge in [-0.25, -0.2) is 4.79 Å². The lowest BCUT2D eigenvalue weighted by Crippen LogP contribution is -2.54. The molecular weight excluding hydrogens is 496 g/mol. The number of methoxy groups -OCH3 is 1. The molecule has 1 fully saturated rings. The number of likely N-dealkylation sites (N-methyl/N-ethyl adjacent to an activating group) is 2. The Balaban J connectivity index is 1.49. The Labute approximate surface area is 228 Å². The van der Waals surface area contributed by atoms with Gasteiger partial charge in [0.2, 0.25) is 5.54 Å². The summed E-state index contributed by atoms with van der Waals surface area (Å²) < 4.78 is 5.23. The minimum atomic E-state index is -1.59. The number of ether oxygens (including phenoxy) is 1. The summed E-state index contributed by atoms with van der Waals surface area (Å²) in [5.74, 6) is 6.02. The maximum absolute atomic E-state index is 13.1. The summed E-state index contributed by atoms with van der Waals surface area (Å²) in [5, 5.41) is 13.4. The molecule has 2 aromatic rings. The molecule has 4 amide bonds. The van der Waals surface area contributed by atoms with Crippen LogP contribution in [0.5, 0.6) is 5.75 Å². The molecule has 3 N–H and O–H groups in total. The third-order valence-electron chi connectivity index (χ3n) is 7.17. The van der Waals surface area contributed by atoms with Gasteiger partial charge in [0, 0.05) is 43.4 Å². The van der Waals surface area contributed by atoms with E-state index in [1.165, 1.54) is 12.0 Å². The Bertz CT molecular complexity index is 1340. The van der Waals surface area contributed by atoms with Crippen LogP contribution in [0.25, 0.3) is 0 Å². The molecule has 2 aliphatic rings. The van der Waals surface area contributed by atoms with Crippen molar-refractivity contribution in [1.82, 2.24) is 25.3 Å². The highest BCUT2D eigenvalue weighted by atomic mass is 16.5. The van der Waals surface area contributed by atoms with Crippen molar-refractivity contribution in [2.24, 2.45) is 0 Å². The number of nitrogens with one attached hydrogen (secondary N) is 3. The summed E-state index contributed by atoms with van der Waals surface area (Å²) in [7, 11) is 3.43. The first kappa shape index (κ1) is 27.7. The number of rotatable bonds is 9. The molecule has 4 rings (SSSR count). The van der Waals surface area contributed by atoms with Crippen molar-refractivity contribution in [2.45, 2.75) is 25.9 Å². The SMILES string of the molecule is CCN(CC)CCN(C)C(=N)c1ccc(C#C[C@]2(CN3Cc4ccc(OC)cc4C3=O)NC(=O)NC2=O)cc1. The average molecular weight is 531 g/mol. The van der Waals surface area contributed by atoms with E-state index < -0.39 is 17.5 Å². The van der Waals surface area contributed by atoms with Crippen LogP contribution in [0.1, 0.15) is 40.9 Å². The monoisotopic (exact) mass is 530 g/mol. The lowest BCUT2D eigenvalue weighted by molar-refractivity contribution is -0.122. The van der Waals surface area contributed by atoms with Crippen molar-refractivity contribution in [2.75, 3.05) is 46.9 Å². The van der Waals surface area contributed by atoms with Crippen molar-refractivity contribution in [3.8, 4) is 17.6 Å². The molecular formula is C29H34N6O4. The molecule has 39 heavy (non-hydrogen) atoms. The van der Waals surface area contributed by atoms with Crippen LogP contribution < -0.4 is 15.4 Å². The van der Waals surface area contributed by atoms with E-state index in [-0.39, 0.29) is 12.5 Å². The lowest BCUT2D eigenvalue weighted by atomic mass is 9.99. The van der Waals surface area contributed by atoms with E-state index in [1.54, 1.807) is 24.3 Å². The van der Waals surface area contributed by atoms with Crippen molar-refractivity contribution >= 4 is 23.7 Å². The molecule has 2 aromatic carbocycles. The Morgan fingerprint density at radius 2 is 1.82 bits per heavy atom. The first-order valence-electron chi connectivity index (χ1n) is 12.9. The lowest BCUT2D eigenvalue weighted by Gasteiger charge is -2.26. The molecule has 1 saturated heterocycles. The topological polar surface area (TPSA) is 118 Å². The molecule has 1 atom stereocenters. The number of urea groups is 1. The second-order valence-electron chi connectivity index (χ2n) is 9.62. The fourth-order valence-electron chi connectivity index (χ4n) is 4.67. The number of nitrogens with zero attached hydrogens (tertiary/aromatic N) is 3. The van der Waals surface area contributed by atoms with Crippen molar-refractivity contribution in [1.29, 1.82) is 5.41 Å². The molecule has 0 saturated carbocycles. The van der Waals surface area contributed by atoms with Crippen LogP contribution in [0, 0.1) is 17.3 Å². The standard InChI is InChI=1S/C29H34N6O4/c1-5-34(6-2)16-15-33(3)25(30)21-9-7-20(8-10-21)13-14-29(27(37)31-28(38)32-29)19-35-18-22-11-12-23(39-4)17-24(22)26(35)36/h7-12,17,30H,5-6,15-16,18-19H2,1-4H3,(H2,31,32,37,38)/t29-/m1/s1. The summed E-state index contributed by atoms with van der Waals surface area (Å²) in [6.07, 6.45) is 0. The van der Waals surface area contributed by atoms with Crippen LogP contribution in [-0.2, 0) is 11.3 Å². The molecule has 0 spiro atoms. The largest absolute Gasteiger partial charge is 0.497 e. The van der Waals surface area contributed by atoms with Gasteiger partial charge in [-0.15, -0.1) is 0 Å². The van der Waals surface area contributed by atoms with Crippen LogP contribution in [0.4, 0.5) is 4.79 Å². The van der Waals surface area contributed by atoms with Gasteiger partial charge in [0.05, 0.1) is 13.7 Å². The molecule has 2 heterocycles. The first-order valence-corrected chi connectivity index (χ1v) is 12.9. The molecule has 0 aromatic heterocycles. The molecule has 10 nitrogen and oxygen atoms in total. The van der Waals surface area contributed by atoms with Gasteiger partial charge < -0.3 is 24.8 Å². The van der Waals surface area contributed by atoms with E-state index in [0.717, 1.165) is 37.3 Å². The maximum atomic E-state index is 13.1. The summed E-state index contributed by atoms with van der Waals surface area (Å²) in [4.78, 5) is 43.8. The van der Waals surface area contributed by atoms with Gasteiger partial charge in [-0.3, -0.25) is 20.3 Å². The maximum Gasteiger partial charge on any atom is 0.323 e. The molecule has 204 valence electrons. The number of amides is 4. The second-order valence-corrected chi connectivity index (χ2v) is 9.62. The van der Waals surface area contributed by atoms with Crippen LogP contribution in [0.15, 0.2) is 42.5 Å². The van der Waals surface area contributed by atoms with E-state index in [2.05, 4.69) is 41.2 Å². The van der Waals surface area contributed by atoms with E-state index in [4.69, 9.17) is 10.1 Å². The Morgan fingerprint density at radius 1 is 1.10 bits per heavy atom. The summed E-state index contributed by atoms with van der Waals surface area (Å²) in [6, 6.07) is 11.8. The van der Waals surface area contributed by atoms with Crippen LogP contribution in [-0.4, -0.2) is 90.8 Å². The normalized spacial score (nSPS) is 17.9. The van der Waals surface area contributed by atoms with Gasteiger partial charge >= 0.3 is 6.03 Å². The molecule has 0 unspecified atom stereocenters. The van der Waals surface area contributed by atoms with Crippen LogP contribution in [0.2, 0.25) is 0 Å². The van der Waals surface area contributed by atoms with Crippen molar-refractivity contribution < 1.29 is 19.1 Å². The van der Waals surface area contributed by atoms with E-state index in [0.29, 0.717) is 29.3 Å². The predicted octanol–water partition coefficient (Wildman–Crippen LogP) is 1.88. The van der Waals surface area contributed by atoms with Crippen LogP contribution >= 0.6 is 0 Å². The Kier molecular flexibility index (Phi) is 8.21. The van der Waals surface area contributed by atoms with Gasteiger partial charge in [-0.1, -0.05) is 43.9 Å². The van der Waals surface area contributed by atoms with Crippen molar-refractivity contribution in [3.05, 3.63) is 64.7 Å². The number of fused-ring (bicyclic) bond motifs is 1. The number of imide groups is 1. The molecule has 10 heteroatoms. The highest BCUT2D eigenvalue weighted by molar-refractivity contribution is 6.10. The zero-order valence-corrected chi connectivity index (χ0v) is 22.8. The average Bonchev–Trinajstić information content (AvgIpc) is 3.41. The highest BCUT2D eigenvalue weighted by Crippen LogP contribution is 2.28. The summed E-state index contributed by atoms with van der Waals surface area (Å²) >= 11 is 0. The smallest absolute Gasteiger partial charge is 0.323 e. The van der Waals surface area contributed by atoms with Crippen LogP contribution in [0.3, 0.4) is 0 Å². The number of hydrogen-bond donors (Lipinski definition) is 3. The van der Waals surface area contributed by atoms with Gasteiger partial charge in [0.25, 0.3) is 11.8 Å². The van der Waals surface area contributed by atoms with E-state index >= 15 is 0 Å². The summed E-state index contributed by atoms with van der Waals surface area (Å²) in [5.41, 5.74) is 1.09. The molecule has 0 aliphatic carbocycles. The van der Waals surface area contributed by atoms with E-state index in [9.17, 15) is 14.4 Å². The zero-order chi connectivity index (χ0) is 28.2. The number of amidine groups is 1. The minimum Gasteiger partial charge on any atom is -0.497 e. The van der Waals surface area contributed by atoms with Gasteiger partial charge in [0.1, 0.15) is 11.6 Å². The molecule has 2 aliphatic heterocycles. The quantitative estimate of drug-likeness (QED) is 0.197. The minimum absolute atomic E-state index is 0.104. The third-order valence-corrected chi connectivity index (χ3v) is 7.17. The fourth-order valence-corrected chi connectivity index (χ4v) is 4.67. The Morgan fingerprint density at radius 3 is 2.44 bits per heavy atom. The second kappa shape index (κ2) is 11.6. The number of hydrogen-bond acceptors (Lipinski definition) is 6. The molecule has 0 bridgehead atoms. The first-order chi connectivity index (χ1) is 18.7. The van der Waals surface area contributed by atoms with Crippen molar-refractivity contribution in [3.63, 3.8) is 0 Å². The predicted molar refractivity (Wildman–Crippen MR) is 148 cm³/mol. The van der Waals surface area contributed by atoms with Gasteiger partial charge in [-0.05, 0) is 42.9 Å². The number of carbonyl (C=O) groups excluding carboxylic acids is 3. The Hall–Kier alpha value is -4.36.